The molecule has 0 saturated carbocycles. The minimum Gasteiger partial charge on any atom is -0.360 e. The summed E-state index contributed by atoms with van der Waals surface area (Å²) < 4.78 is 0. The molecule has 2 aromatic heterocycles. The lowest BCUT2D eigenvalue weighted by molar-refractivity contribution is 0.373. The van der Waals surface area contributed by atoms with Gasteiger partial charge in [0.05, 0.1) is 10.0 Å². The summed E-state index contributed by atoms with van der Waals surface area (Å²) in [5.41, 5.74) is 1.13. The van der Waals surface area contributed by atoms with Crippen molar-refractivity contribution in [3.8, 4) is 0 Å². The monoisotopic (exact) mass is 505 g/mol. The maximum Gasteiger partial charge on any atom is 0.194 e. The van der Waals surface area contributed by atoms with Crippen LogP contribution in [0.3, 0.4) is 0 Å². The van der Waals surface area contributed by atoms with Crippen LogP contribution >= 0.6 is 46.7 Å². The van der Waals surface area contributed by atoms with E-state index < -0.39 is 0 Å². The van der Waals surface area contributed by atoms with E-state index in [2.05, 4.69) is 56.8 Å². The number of anilines is 1. The lowest BCUT2D eigenvalue weighted by atomic mass is 10.3. The summed E-state index contributed by atoms with van der Waals surface area (Å²) >= 11 is 3.58. The highest BCUT2D eigenvalue weighted by Crippen LogP contribution is 2.22. The number of nitrogens with zero attached hydrogens (tertiary/aromatic N) is 4. The number of hydrogen-bond acceptors (Lipinski definition) is 5. The van der Waals surface area contributed by atoms with Gasteiger partial charge in [0.1, 0.15) is 0 Å². The summed E-state index contributed by atoms with van der Waals surface area (Å²) in [5.74, 6) is 1.06. The van der Waals surface area contributed by atoms with Gasteiger partial charge in [0.2, 0.25) is 0 Å². The first-order chi connectivity index (χ1) is 12.3. The Morgan fingerprint density at radius 3 is 2.69 bits per heavy atom. The number of thiophene rings is 1. The van der Waals surface area contributed by atoms with Crippen molar-refractivity contribution in [2.24, 2.45) is 4.99 Å². The number of aryl methyl sites for hydroxylation is 2. The normalized spacial score (nSPS) is 15.1. The molecule has 2 aromatic rings. The largest absolute Gasteiger partial charge is 0.360 e. The fourth-order valence-corrected chi connectivity index (χ4v) is 4.55. The third-order valence-corrected chi connectivity index (χ3v) is 6.16. The molecular weight excluding hydrogens is 477 g/mol. The van der Waals surface area contributed by atoms with E-state index in [0.717, 1.165) is 63.8 Å². The third kappa shape index (κ3) is 6.09. The van der Waals surface area contributed by atoms with Crippen LogP contribution < -0.4 is 10.2 Å². The second kappa shape index (κ2) is 11.1. The van der Waals surface area contributed by atoms with Crippen LogP contribution in [0.4, 0.5) is 5.00 Å². The van der Waals surface area contributed by atoms with Gasteiger partial charge in [0.15, 0.2) is 5.96 Å². The number of rotatable bonds is 6. The molecule has 0 aromatic carbocycles. The molecule has 0 unspecified atom stereocenters. The van der Waals surface area contributed by atoms with Gasteiger partial charge in [-0.1, -0.05) is 0 Å². The van der Waals surface area contributed by atoms with Crippen molar-refractivity contribution in [2.75, 3.05) is 44.2 Å². The number of hydrogen-bond donors (Lipinski definition) is 1. The summed E-state index contributed by atoms with van der Waals surface area (Å²) in [7, 11) is 0. The Labute approximate surface area is 181 Å². The fourth-order valence-electron chi connectivity index (χ4n) is 2.95. The van der Waals surface area contributed by atoms with Gasteiger partial charge in [0.25, 0.3) is 0 Å². The fraction of sp³-hybridized carbons (Fsp3) is 0.556. The molecule has 144 valence electrons. The number of nitrogens with one attached hydrogen (secondary N) is 1. The molecule has 0 amide bonds. The molecule has 0 spiro atoms. The minimum absolute atomic E-state index is 0. The van der Waals surface area contributed by atoms with Crippen LogP contribution in [0.5, 0.6) is 0 Å². The van der Waals surface area contributed by atoms with E-state index in [1.807, 2.05) is 11.3 Å². The first-order valence-electron chi connectivity index (χ1n) is 8.99. The highest BCUT2D eigenvalue weighted by Gasteiger charge is 2.20. The number of piperazine rings is 1. The van der Waals surface area contributed by atoms with Crippen LogP contribution in [0, 0.1) is 6.92 Å². The van der Waals surface area contributed by atoms with Gasteiger partial charge in [-0.05, 0) is 37.8 Å². The second-order valence-corrected chi connectivity index (χ2v) is 8.02. The van der Waals surface area contributed by atoms with Gasteiger partial charge in [-0.15, -0.1) is 46.7 Å². The topological polar surface area (TPSA) is 43.8 Å². The summed E-state index contributed by atoms with van der Waals surface area (Å²) in [5, 5.41) is 10.3. The van der Waals surface area contributed by atoms with Crippen molar-refractivity contribution in [2.45, 2.75) is 26.7 Å². The molecule has 1 aliphatic heterocycles. The lowest BCUT2D eigenvalue weighted by Crippen LogP contribution is -2.52. The Morgan fingerprint density at radius 1 is 1.27 bits per heavy atom. The highest BCUT2D eigenvalue weighted by atomic mass is 127. The Kier molecular flexibility index (Phi) is 9.13. The molecule has 3 heterocycles. The summed E-state index contributed by atoms with van der Waals surface area (Å²) in [6.07, 6.45) is 2.07. The van der Waals surface area contributed by atoms with E-state index in [0.29, 0.717) is 0 Å². The van der Waals surface area contributed by atoms with E-state index in [-0.39, 0.29) is 24.0 Å². The standard InChI is InChI=1S/C18H27N5S2.HI/c1-3-19-18(20-8-4-6-16-21-15(2)14-25-16)23-11-9-22(10-12-23)17-7-5-13-24-17;/h5,7,13-14H,3-4,6,8-12H2,1-2H3,(H,19,20);1H. The van der Waals surface area contributed by atoms with Gasteiger partial charge < -0.3 is 15.1 Å². The second-order valence-electron chi connectivity index (χ2n) is 6.15. The molecule has 26 heavy (non-hydrogen) atoms. The molecule has 1 fully saturated rings. The molecule has 1 saturated heterocycles. The van der Waals surface area contributed by atoms with Gasteiger partial charge in [-0.2, -0.15) is 0 Å². The van der Waals surface area contributed by atoms with Crippen molar-refractivity contribution in [3.63, 3.8) is 0 Å². The van der Waals surface area contributed by atoms with Crippen molar-refractivity contribution in [1.29, 1.82) is 0 Å². The smallest absolute Gasteiger partial charge is 0.194 e. The summed E-state index contributed by atoms with van der Waals surface area (Å²) in [6.45, 7) is 10.1. The zero-order valence-electron chi connectivity index (χ0n) is 15.5. The molecule has 0 radical (unpaired) electrons. The molecule has 3 rings (SSSR count). The van der Waals surface area contributed by atoms with Crippen LogP contribution in [0.2, 0.25) is 0 Å². The van der Waals surface area contributed by atoms with Gasteiger partial charge in [-0.3, -0.25) is 4.99 Å². The van der Waals surface area contributed by atoms with Gasteiger partial charge >= 0.3 is 0 Å². The van der Waals surface area contributed by atoms with Crippen molar-refractivity contribution < 1.29 is 0 Å². The highest BCUT2D eigenvalue weighted by molar-refractivity contribution is 14.0. The number of guanidine groups is 1. The van der Waals surface area contributed by atoms with Crippen LogP contribution in [0.1, 0.15) is 24.0 Å². The molecule has 0 aliphatic carbocycles. The van der Waals surface area contributed by atoms with Crippen LogP contribution in [0.25, 0.3) is 0 Å². The van der Waals surface area contributed by atoms with E-state index in [9.17, 15) is 0 Å². The Balaban J connectivity index is 0.00000243. The van der Waals surface area contributed by atoms with Crippen LogP contribution in [0.15, 0.2) is 27.9 Å². The Morgan fingerprint density at radius 2 is 2.08 bits per heavy atom. The average molecular weight is 505 g/mol. The molecule has 0 bridgehead atoms. The molecule has 1 N–H and O–H groups in total. The van der Waals surface area contributed by atoms with E-state index >= 15 is 0 Å². The zero-order chi connectivity index (χ0) is 17.5. The molecule has 0 atom stereocenters. The van der Waals surface area contributed by atoms with Crippen LogP contribution in [-0.2, 0) is 6.42 Å². The van der Waals surface area contributed by atoms with Gasteiger partial charge in [-0.25, -0.2) is 4.98 Å². The number of aliphatic imine (C=N–C) groups is 1. The molecule has 1 aliphatic rings. The predicted molar refractivity (Wildman–Crippen MR) is 125 cm³/mol. The molecule has 5 nitrogen and oxygen atoms in total. The number of aromatic nitrogens is 1. The average Bonchev–Trinajstić information content (AvgIpc) is 3.30. The first-order valence-corrected chi connectivity index (χ1v) is 10.7. The third-order valence-electron chi connectivity index (χ3n) is 4.21. The maximum absolute atomic E-state index is 4.84. The van der Waals surface area contributed by atoms with E-state index in [4.69, 9.17) is 4.99 Å². The predicted octanol–water partition coefficient (Wildman–Crippen LogP) is 3.85. The van der Waals surface area contributed by atoms with Crippen molar-refractivity contribution in [1.82, 2.24) is 15.2 Å². The molecule has 8 heteroatoms. The Bertz CT molecular complexity index is 663. The SMILES string of the molecule is CCNC(=NCCCc1nc(C)cs1)N1CCN(c2cccs2)CC1.I. The molecular formula is C18H28IN5S2. The Hall–Kier alpha value is -0.870. The quantitative estimate of drug-likeness (QED) is 0.281. The summed E-state index contributed by atoms with van der Waals surface area (Å²) in [4.78, 5) is 14.2. The van der Waals surface area contributed by atoms with Gasteiger partial charge in [0, 0.05) is 56.8 Å². The van der Waals surface area contributed by atoms with Crippen molar-refractivity contribution in [3.05, 3.63) is 33.6 Å². The van der Waals surface area contributed by atoms with E-state index in [1.54, 1.807) is 11.3 Å². The van der Waals surface area contributed by atoms with E-state index in [1.165, 1.54) is 10.0 Å². The minimum atomic E-state index is 0. The first kappa shape index (κ1) is 21.4. The summed E-state index contributed by atoms with van der Waals surface area (Å²) in [6, 6.07) is 4.34. The lowest BCUT2D eigenvalue weighted by Gasteiger charge is -2.37. The van der Waals surface area contributed by atoms with Crippen molar-refractivity contribution >= 4 is 57.6 Å². The number of thiazole rings is 1. The van der Waals surface area contributed by atoms with Crippen LogP contribution in [-0.4, -0.2) is 55.1 Å². The maximum atomic E-state index is 4.84. The number of halogens is 1. The zero-order valence-corrected chi connectivity index (χ0v) is 19.4.